The van der Waals surface area contributed by atoms with E-state index in [2.05, 4.69) is 5.32 Å². The van der Waals surface area contributed by atoms with E-state index in [1.807, 2.05) is 0 Å². The van der Waals surface area contributed by atoms with Crippen molar-refractivity contribution in [3.05, 3.63) is 64.7 Å². The maximum Gasteiger partial charge on any atom is 0.269 e. The number of hydrogen-bond acceptors (Lipinski definition) is 5. The Balaban J connectivity index is 1.60. The summed E-state index contributed by atoms with van der Waals surface area (Å²) in [6, 6.07) is 12.0. The Labute approximate surface area is 210 Å². The molecule has 0 radical (unpaired) electrons. The number of halogens is 1. The van der Waals surface area contributed by atoms with Crippen LogP contribution in [0, 0.1) is 0 Å². The van der Waals surface area contributed by atoms with Gasteiger partial charge in [0, 0.05) is 17.6 Å². The summed E-state index contributed by atoms with van der Waals surface area (Å²) in [4.78, 5) is 40.9. The summed E-state index contributed by atoms with van der Waals surface area (Å²) in [5.41, 5.74) is 0.768. The smallest absolute Gasteiger partial charge is 0.269 e. The van der Waals surface area contributed by atoms with Crippen molar-refractivity contribution in [1.82, 2.24) is 14.5 Å². The highest BCUT2D eigenvalue weighted by Gasteiger charge is 2.43. The molecule has 1 saturated carbocycles. The maximum atomic E-state index is 13.6. The van der Waals surface area contributed by atoms with Crippen LogP contribution in [0.2, 0.25) is 5.02 Å². The second-order valence-electron chi connectivity index (χ2n) is 8.88. The van der Waals surface area contributed by atoms with Crippen LogP contribution in [0.25, 0.3) is 0 Å². The largest absolute Gasteiger partial charge is 0.352 e. The van der Waals surface area contributed by atoms with Gasteiger partial charge in [-0.2, -0.15) is 0 Å². The SMILES string of the molecule is CC[C@@H](C(=O)NC1CCCC1)N(Cc1ccc(Cl)cc1)C(=O)CN1C(=O)c2ccccc2S1(=O)=O. The Morgan fingerprint density at radius 3 is 2.40 bits per heavy atom. The molecule has 0 aromatic heterocycles. The maximum absolute atomic E-state index is 13.6. The van der Waals surface area contributed by atoms with Gasteiger partial charge in [-0.1, -0.05) is 55.6 Å². The number of sulfonamides is 1. The first kappa shape index (κ1) is 25.2. The van der Waals surface area contributed by atoms with Crippen LogP contribution in [0.4, 0.5) is 0 Å². The van der Waals surface area contributed by atoms with Gasteiger partial charge in [0.1, 0.15) is 17.5 Å². The first-order valence-electron chi connectivity index (χ1n) is 11.7. The highest BCUT2D eigenvalue weighted by atomic mass is 35.5. The lowest BCUT2D eigenvalue weighted by Gasteiger charge is -2.32. The van der Waals surface area contributed by atoms with Gasteiger partial charge in [-0.05, 0) is 49.1 Å². The standard InChI is InChI=1S/C25H28ClN3O5S/c1-2-21(24(31)27-19-7-3-4-8-19)28(15-17-11-13-18(26)14-12-17)23(30)16-29-25(32)20-9-5-6-10-22(20)35(29,33)34/h5-6,9-14,19,21H,2-4,7-8,15-16H2,1H3,(H,27,31)/t21-/m0/s1. The molecule has 3 amide bonds. The van der Waals surface area contributed by atoms with E-state index >= 15 is 0 Å². The second-order valence-corrected chi connectivity index (χ2v) is 11.1. The topological polar surface area (TPSA) is 104 Å². The van der Waals surface area contributed by atoms with Gasteiger partial charge in [-0.25, -0.2) is 12.7 Å². The first-order valence-corrected chi connectivity index (χ1v) is 13.5. The molecule has 1 N–H and O–H groups in total. The summed E-state index contributed by atoms with van der Waals surface area (Å²) in [5, 5.41) is 3.57. The van der Waals surface area contributed by atoms with Gasteiger partial charge in [-0.3, -0.25) is 14.4 Å². The average molecular weight is 518 g/mol. The zero-order valence-corrected chi connectivity index (χ0v) is 21.0. The van der Waals surface area contributed by atoms with Crippen molar-refractivity contribution in [2.45, 2.75) is 62.6 Å². The molecular formula is C25H28ClN3O5S. The van der Waals surface area contributed by atoms with Gasteiger partial charge in [0.25, 0.3) is 15.9 Å². The van der Waals surface area contributed by atoms with Crippen molar-refractivity contribution in [3.8, 4) is 0 Å². The third-order valence-corrected chi connectivity index (χ3v) is 8.58. The van der Waals surface area contributed by atoms with Crippen LogP contribution in [0.5, 0.6) is 0 Å². The number of benzene rings is 2. The van der Waals surface area contributed by atoms with Crippen LogP contribution in [-0.2, 0) is 26.2 Å². The lowest BCUT2D eigenvalue weighted by Crippen LogP contribution is -2.53. The van der Waals surface area contributed by atoms with Gasteiger partial charge in [0.05, 0.1) is 5.56 Å². The molecule has 2 aromatic rings. The fourth-order valence-corrected chi connectivity index (χ4v) is 6.32. The molecule has 0 spiro atoms. The molecule has 0 bridgehead atoms. The zero-order valence-electron chi connectivity index (χ0n) is 19.4. The van der Waals surface area contributed by atoms with Crippen molar-refractivity contribution >= 4 is 39.3 Å². The van der Waals surface area contributed by atoms with Gasteiger partial charge >= 0.3 is 0 Å². The molecule has 8 nitrogen and oxygen atoms in total. The number of carbonyl (C=O) groups excluding carboxylic acids is 3. The van der Waals surface area contributed by atoms with Gasteiger partial charge in [-0.15, -0.1) is 0 Å². The predicted molar refractivity (Wildman–Crippen MR) is 131 cm³/mol. The third-order valence-electron chi connectivity index (χ3n) is 6.54. The first-order chi connectivity index (χ1) is 16.7. The number of nitrogens with one attached hydrogen (secondary N) is 1. The molecule has 186 valence electrons. The molecule has 0 unspecified atom stereocenters. The van der Waals surface area contributed by atoms with Crippen LogP contribution in [0.15, 0.2) is 53.4 Å². The summed E-state index contributed by atoms with van der Waals surface area (Å²) in [6.07, 6.45) is 4.21. The van der Waals surface area contributed by atoms with Crippen LogP contribution in [0.1, 0.15) is 54.9 Å². The Kier molecular flexibility index (Phi) is 7.47. The van der Waals surface area contributed by atoms with Crippen LogP contribution < -0.4 is 5.32 Å². The summed E-state index contributed by atoms with van der Waals surface area (Å²) in [5.74, 6) is -1.65. The predicted octanol–water partition coefficient (Wildman–Crippen LogP) is 3.35. The second kappa shape index (κ2) is 10.4. The van der Waals surface area contributed by atoms with E-state index in [1.54, 1.807) is 37.3 Å². The van der Waals surface area contributed by atoms with E-state index in [1.165, 1.54) is 23.1 Å². The molecule has 2 aliphatic rings. The van der Waals surface area contributed by atoms with Crippen molar-refractivity contribution in [3.63, 3.8) is 0 Å². The highest BCUT2D eigenvalue weighted by molar-refractivity contribution is 7.90. The van der Waals surface area contributed by atoms with Crippen LogP contribution >= 0.6 is 11.6 Å². The summed E-state index contributed by atoms with van der Waals surface area (Å²) in [6.45, 7) is 1.19. The van der Waals surface area contributed by atoms with E-state index in [4.69, 9.17) is 11.6 Å². The molecule has 10 heteroatoms. The summed E-state index contributed by atoms with van der Waals surface area (Å²) < 4.78 is 26.6. The number of nitrogens with zero attached hydrogens (tertiary/aromatic N) is 2. The fourth-order valence-electron chi connectivity index (χ4n) is 4.67. The third kappa shape index (κ3) is 5.21. The Morgan fingerprint density at radius 2 is 1.77 bits per heavy atom. The lowest BCUT2D eigenvalue weighted by molar-refractivity contribution is -0.141. The normalized spacial score (nSPS) is 17.8. The van der Waals surface area contributed by atoms with E-state index in [0.717, 1.165) is 31.2 Å². The Hall–Kier alpha value is -2.91. The molecule has 1 aliphatic heterocycles. The summed E-state index contributed by atoms with van der Waals surface area (Å²) in [7, 11) is -4.16. The van der Waals surface area contributed by atoms with Gasteiger partial charge < -0.3 is 10.2 Å². The van der Waals surface area contributed by atoms with Crippen molar-refractivity contribution in [1.29, 1.82) is 0 Å². The molecule has 35 heavy (non-hydrogen) atoms. The number of amides is 3. The number of hydrogen-bond donors (Lipinski definition) is 1. The minimum atomic E-state index is -4.16. The van der Waals surface area contributed by atoms with Gasteiger partial charge in [0.15, 0.2) is 0 Å². The van der Waals surface area contributed by atoms with E-state index in [-0.39, 0.29) is 29.0 Å². The van der Waals surface area contributed by atoms with E-state index in [9.17, 15) is 22.8 Å². The van der Waals surface area contributed by atoms with Crippen molar-refractivity contribution in [2.24, 2.45) is 0 Å². The average Bonchev–Trinajstić information content (AvgIpc) is 3.41. The lowest BCUT2D eigenvalue weighted by atomic mass is 10.1. The van der Waals surface area contributed by atoms with Gasteiger partial charge in [0.2, 0.25) is 11.8 Å². The van der Waals surface area contributed by atoms with E-state index in [0.29, 0.717) is 15.7 Å². The molecular weight excluding hydrogens is 490 g/mol. The molecule has 0 saturated heterocycles. The van der Waals surface area contributed by atoms with E-state index < -0.39 is 34.4 Å². The molecule has 4 rings (SSSR count). The monoisotopic (exact) mass is 517 g/mol. The highest BCUT2D eigenvalue weighted by Crippen LogP contribution is 2.30. The molecule has 1 heterocycles. The Bertz CT molecular complexity index is 1230. The molecule has 2 aromatic carbocycles. The molecule has 1 atom stereocenters. The van der Waals surface area contributed by atoms with Crippen LogP contribution in [0.3, 0.4) is 0 Å². The number of carbonyl (C=O) groups is 3. The van der Waals surface area contributed by atoms with Crippen molar-refractivity contribution in [2.75, 3.05) is 6.54 Å². The quantitative estimate of drug-likeness (QED) is 0.578. The summed E-state index contributed by atoms with van der Waals surface area (Å²) >= 11 is 6.00. The number of rotatable bonds is 8. The molecule has 1 fully saturated rings. The Morgan fingerprint density at radius 1 is 1.11 bits per heavy atom. The van der Waals surface area contributed by atoms with Crippen LogP contribution in [-0.4, -0.2) is 54.0 Å². The number of fused-ring (bicyclic) bond motifs is 1. The fraction of sp³-hybridized carbons (Fsp3) is 0.400. The molecule has 1 aliphatic carbocycles. The van der Waals surface area contributed by atoms with Crippen molar-refractivity contribution < 1.29 is 22.8 Å². The zero-order chi connectivity index (χ0) is 25.2. The minimum Gasteiger partial charge on any atom is -0.352 e. The minimum absolute atomic E-state index is 0.0376.